The van der Waals surface area contributed by atoms with Gasteiger partial charge in [0, 0.05) is 16.2 Å². The number of rotatable bonds is 3. The fourth-order valence-electron chi connectivity index (χ4n) is 1.80. The van der Waals surface area contributed by atoms with E-state index in [0.29, 0.717) is 5.56 Å². The first kappa shape index (κ1) is 14.6. The number of hydrogen-bond donors (Lipinski definition) is 1. The van der Waals surface area contributed by atoms with Crippen molar-refractivity contribution in [1.82, 2.24) is 0 Å². The van der Waals surface area contributed by atoms with Crippen molar-refractivity contribution in [2.75, 3.05) is 6.61 Å². The molecule has 3 heteroatoms. The highest BCUT2D eigenvalue weighted by molar-refractivity contribution is 7.98. The molecule has 0 saturated heterocycles. The van der Waals surface area contributed by atoms with Gasteiger partial charge in [-0.3, -0.25) is 0 Å². The van der Waals surface area contributed by atoms with Gasteiger partial charge in [-0.1, -0.05) is 36.1 Å². The van der Waals surface area contributed by atoms with Crippen molar-refractivity contribution in [3.8, 4) is 11.8 Å². The van der Waals surface area contributed by atoms with Crippen molar-refractivity contribution in [2.24, 2.45) is 0 Å². The molecule has 0 aliphatic rings. The van der Waals surface area contributed by atoms with E-state index in [2.05, 4.69) is 30.9 Å². The lowest BCUT2D eigenvalue weighted by Crippen LogP contribution is -1.90. The smallest absolute Gasteiger partial charge is 0.124 e. The molecule has 0 atom stereocenters. The van der Waals surface area contributed by atoms with E-state index in [4.69, 9.17) is 5.11 Å². The Morgan fingerprint density at radius 3 is 2.75 bits per heavy atom. The summed E-state index contributed by atoms with van der Waals surface area (Å²) in [6.07, 6.45) is 0. The minimum Gasteiger partial charge on any atom is -0.384 e. The molecule has 2 rings (SSSR count). The highest BCUT2D eigenvalue weighted by Crippen LogP contribution is 2.27. The Labute approximate surface area is 122 Å². The Morgan fingerprint density at radius 2 is 2.00 bits per heavy atom. The summed E-state index contributed by atoms with van der Waals surface area (Å²) in [6, 6.07) is 12.8. The van der Waals surface area contributed by atoms with E-state index in [-0.39, 0.29) is 12.4 Å². The maximum atomic E-state index is 13.3. The van der Waals surface area contributed by atoms with E-state index in [0.717, 1.165) is 11.3 Å². The van der Waals surface area contributed by atoms with Crippen molar-refractivity contribution in [2.45, 2.75) is 17.6 Å². The molecule has 1 N–H and O–H groups in total. The average molecular weight is 286 g/mol. The largest absolute Gasteiger partial charge is 0.384 e. The summed E-state index contributed by atoms with van der Waals surface area (Å²) in [4.78, 5) is 1.21. The summed E-state index contributed by atoms with van der Waals surface area (Å²) in [5, 5.41) is 8.76. The molecule has 0 unspecified atom stereocenters. The predicted molar refractivity (Wildman–Crippen MR) is 81.1 cm³/mol. The fraction of sp³-hybridized carbons (Fsp3) is 0.176. The van der Waals surface area contributed by atoms with Gasteiger partial charge in [-0.2, -0.15) is 0 Å². The summed E-state index contributed by atoms with van der Waals surface area (Å²) in [7, 11) is 0. The fourth-order valence-corrected chi connectivity index (χ4v) is 2.83. The van der Waals surface area contributed by atoms with Crippen LogP contribution in [0.1, 0.15) is 16.7 Å². The molecule has 0 spiro atoms. The van der Waals surface area contributed by atoms with Crippen LogP contribution in [0.3, 0.4) is 0 Å². The van der Waals surface area contributed by atoms with Gasteiger partial charge in [0.25, 0.3) is 0 Å². The van der Waals surface area contributed by atoms with Gasteiger partial charge in [-0.15, -0.1) is 11.8 Å². The quantitative estimate of drug-likeness (QED) is 0.684. The minimum atomic E-state index is -0.308. The Morgan fingerprint density at radius 1 is 1.20 bits per heavy atom. The van der Waals surface area contributed by atoms with E-state index in [1.807, 2.05) is 12.1 Å². The molecular weight excluding hydrogens is 271 g/mol. The van der Waals surface area contributed by atoms with Crippen LogP contribution >= 0.6 is 11.8 Å². The van der Waals surface area contributed by atoms with Crippen LogP contribution in [-0.4, -0.2) is 11.7 Å². The molecule has 0 bridgehead atoms. The van der Waals surface area contributed by atoms with Gasteiger partial charge in [-0.05, 0) is 36.2 Å². The highest BCUT2D eigenvalue weighted by atomic mass is 32.2. The SMILES string of the molecule is Cc1ccccc1SCc1ccc(F)cc1C#CCO. The van der Waals surface area contributed by atoms with Crippen LogP contribution in [0.4, 0.5) is 4.39 Å². The van der Waals surface area contributed by atoms with Crippen molar-refractivity contribution >= 4 is 11.8 Å². The molecule has 2 aromatic rings. The number of aliphatic hydroxyl groups is 1. The predicted octanol–water partition coefficient (Wildman–Crippen LogP) is 3.77. The molecule has 1 nitrogen and oxygen atoms in total. The van der Waals surface area contributed by atoms with E-state index >= 15 is 0 Å². The van der Waals surface area contributed by atoms with Crippen LogP contribution in [0, 0.1) is 24.6 Å². The van der Waals surface area contributed by atoms with E-state index < -0.39 is 0 Å². The second-order valence-electron chi connectivity index (χ2n) is 4.32. The first-order chi connectivity index (χ1) is 9.70. The molecule has 2 aromatic carbocycles. The molecule has 0 fully saturated rings. The lowest BCUT2D eigenvalue weighted by molar-refractivity contribution is 0.350. The average Bonchev–Trinajstić information content (AvgIpc) is 2.45. The third-order valence-corrected chi connectivity index (χ3v) is 4.08. The summed E-state index contributed by atoms with van der Waals surface area (Å²) in [5.41, 5.74) is 2.84. The number of hydrogen-bond acceptors (Lipinski definition) is 2. The third-order valence-electron chi connectivity index (χ3n) is 2.85. The number of thioether (sulfide) groups is 1. The van der Waals surface area contributed by atoms with Crippen LogP contribution < -0.4 is 0 Å². The lowest BCUT2D eigenvalue weighted by Gasteiger charge is -2.07. The Balaban J connectivity index is 2.19. The molecule has 0 amide bonds. The van der Waals surface area contributed by atoms with Gasteiger partial charge in [0.2, 0.25) is 0 Å². The molecule has 0 saturated carbocycles. The van der Waals surface area contributed by atoms with Crippen molar-refractivity contribution in [1.29, 1.82) is 0 Å². The minimum absolute atomic E-state index is 0.221. The standard InChI is InChI=1S/C17H15FOS/c1-13-5-2-3-7-17(13)20-12-15-8-9-16(18)11-14(15)6-4-10-19/h2-3,5,7-9,11,19H,10,12H2,1H3. The molecule has 20 heavy (non-hydrogen) atoms. The zero-order chi connectivity index (χ0) is 14.4. The van der Waals surface area contributed by atoms with Crippen LogP contribution in [0.2, 0.25) is 0 Å². The van der Waals surface area contributed by atoms with Gasteiger partial charge in [-0.25, -0.2) is 4.39 Å². The van der Waals surface area contributed by atoms with Gasteiger partial charge in [0.05, 0.1) is 0 Å². The maximum Gasteiger partial charge on any atom is 0.124 e. The van der Waals surface area contributed by atoms with Gasteiger partial charge < -0.3 is 5.11 Å². The second-order valence-corrected chi connectivity index (χ2v) is 5.33. The van der Waals surface area contributed by atoms with Crippen LogP contribution in [-0.2, 0) is 5.75 Å². The summed E-state index contributed by atoms with van der Waals surface area (Å²) in [6.45, 7) is 1.85. The number of aliphatic hydroxyl groups excluding tert-OH is 1. The normalized spacial score (nSPS) is 9.95. The van der Waals surface area contributed by atoms with Crippen molar-refractivity contribution in [3.05, 3.63) is 65.0 Å². The Hall–Kier alpha value is -1.76. The zero-order valence-electron chi connectivity index (χ0n) is 11.2. The number of aryl methyl sites for hydroxylation is 1. The third kappa shape index (κ3) is 3.86. The van der Waals surface area contributed by atoms with Gasteiger partial charge in [0.15, 0.2) is 0 Å². The van der Waals surface area contributed by atoms with Crippen molar-refractivity contribution in [3.63, 3.8) is 0 Å². The van der Waals surface area contributed by atoms with Crippen LogP contribution in [0.5, 0.6) is 0 Å². The Kier molecular flexibility index (Phi) is 5.23. The summed E-state index contributed by atoms with van der Waals surface area (Å²) in [5.74, 6) is 5.79. The number of benzene rings is 2. The van der Waals surface area contributed by atoms with E-state index in [9.17, 15) is 4.39 Å². The van der Waals surface area contributed by atoms with Crippen LogP contribution in [0.15, 0.2) is 47.4 Å². The maximum absolute atomic E-state index is 13.3. The summed E-state index contributed by atoms with van der Waals surface area (Å²) < 4.78 is 13.3. The molecule has 102 valence electrons. The number of halogens is 1. The monoisotopic (exact) mass is 286 g/mol. The van der Waals surface area contributed by atoms with Crippen LogP contribution in [0.25, 0.3) is 0 Å². The highest BCUT2D eigenvalue weighted by Gasteiger charge is 2.04. The van der Waals surface area contributed by atoms with E-state index in [1.54, 1.807) is 17.8 Å². The Bertz CT molecular complexity index is 656. The molecular formula is C17H15FOS. The molecule has 0 radical (unpaired) electrons. The molecule has 0 aliphatic heterocycles. The topological polar surface area (TPSA) is 20.2 Å². The summed E-state index contributed by atoms with van der Waals surface area (Å²) >= 11 is 1.70. The first-order valence-corrected chi connectivity index (χ1v) is 7.26. The zero-order valence-corrected chi connectivity index (χ0v) is 12.0. The van der Waals surface area contributed by atoms with Crippen molar-refractivity contribution < 1.29 is 9.50 Å². The first-order valence-electron chi connectivity index (χ1n) is 6.27. The van der Waals surface area contributed by atoms with E-state index in [1.165, 1.54) is 22.6 Å². The second kappa shape index (κ2) is 7.14. The molecule has 0 heterocycles. The molecule has 0 aliphatic carbocycles. The lowest BCUT2D eigenvalue weighted by atomic mass is 10.1. The van der Waals surface area contributed by atoms with Gasteiger partial charge >= 0.3 is 0 Å². The molecule has 0 aromatic heterocycles. The van der Waals surface area contributed by atoms with Gasteiger partial charge in [0.1, 0.15) is 12.4 Å².